The second kappa shape index (κ2) is 6.20. The van der Waals surface area contributed by atoms with E-state index in [1.165, 1.54) is 17.0 Å². The lowest BCUT2D eigenvalue weighted by Gasteiger charge is -2.17. The van der Waals surface area contributed by atoms with Gasteiger partial charge >= 0.3 is 0 Å². The number of benzene rings is 1. The number of halogens is 1. The fraction of sp³-hybridized carbons (Fsp3) is 0.417. The normalized spacial score (nSPS) is 10.3. The lowest BCUT2D eigenvalue weighted by molar-refractivity contribution is 0.0709. The topological polar surface area (TPSA) is 55.6 Å². The number of anilines is 1. The largest absolute Gasteiger partial charge is 0.396 e. The Kier molecular flexibility index (Phi) is 4.90. The van der Waals surface area contributed by atoms with Crippen molar-refractivity contribution in [3.05, 3.63) is 29.6 Å². The molecule has 0 spiro atoms. The molecule has 1 aromatic carbocycles. The van der Waals surface area contributed by atoms with Crippen molar-refractivity contribution in [1.82, 2.24) is 4.90 Å². The van der Waals surface area contributed by atoms with Crippen LogP contribution in [0.5, 0.6) is 0 Å². The molecule has 0 fully saturated rings. The molecule has 4 nitrogen and oxygen atoms in total. The Balaban J connectivity index is 2.65. The molecular weight excluding hydrogens is 223 g/mol. The van der Waals surface area contributed by atoms with Gasteiger partial charge in [0, 0.05) is 25.8 Å². The molecule has 1 aromatic rings. The molecular formula is C12H17FN2O2. The molecule has 5 heteroatoms. The van der Waals surface area contributed by atoms with Crippen molar-refractivity contribution in [2.24, 2.45) is 0 Å². The molecule has 0 saturated carbocycles. The van der Waals surface area contributed by atoms with Gasteiger partial charge in [0.1, 0.15) is 5.82 Å². The van der Waals surface area contributed by atoms with Gasteiger partial charge in [-0.15, -0.1) is 0 Å². The first-order valence-electron chi connectivity index (χ1n) is 5.44. The number of likely N-dealkylation sites (N-methyl/N-ethyl adjacent to an activating group) is 1. The number of ether oxygens (including phenoxy) is 1. The Bertz CT molecular complexity index is 396. The third-order valence-electron chi connectivity index (χ3n) is 2.37. The summed E-state index contributed by atoms with van der Waals surface area (Å²) in [4.78, 5) is 13.4. The van der Waals surface area contributed by atoms with Gasteiger partial charge in [-0.1, -0.05) is 0 Å². The molecule has 0 aromatic heterocycles. The fourth-order valence-electron chi connectivity index (χ4n) is 1.33. The molecule has 0 aliphatic rings. The van der Waals surface area contributed by atoms with Crippen molar-refractivity contribution in [2.45, 2.75) is 6.92 Å². The molecule has 2 N–H and O–H groups in total. The van der Waals surface area contributed by atoms with Crippen LogP contribution >= 0.6 is 0 Å². The predicted molar refractivity (Wildman–Crippen MR) is 64.3 cm³/mol. The minimum Gasteiger partial charge on any atom is -0.396 e. The zero-order valence-electron chi connectivity index (χ0n) is 10.1. The maximum Gasteiger partial charge on any atom is 0.253 e. The van der Waals surface area contributed by atoms with Gasteiger partial charge in [-0.25, -0.2) is 4.39 Å². The zero-order chi connectivity index (χ0) is 12.8. The van der Waals surface area contributed by atoms with Gasteiger partial charge in [-0.2, -0.15) is 0 Å². The summed E-state index contributed by atoms with van der Waals surface area (Å²) in [7, 11) is 1.65. The van der Waals surface area contributed by atoms with Crippen LogP contribution in [0.15, 0.2) is 18.2 Å². The molecule has 0 aliphatic heterocycles. The third kappa shape index (κ3) is 3.71. The summed E-state index contributed by atoms with van der Waals surface area (Å²) in [6.07, 6.45) is 0. The van der Waals surface area contributed by atoms with Crippen LogP contribution in [0, 0.1) is 5.82 Å². The summed E-state index contributed by atoms with van der Waals surface area (Å²) in [5, 5.41) is 0. The average Bonchev–Trinajstić information content (AvgIpc) is 2.32. The quantitative estimate of drug-likeness (QED) is 0.627. The maximum atomic E-state index is 13.2. The van der Waals surface area contributed by atoms with Gasteiger partial charge in [0.05, 0.1) is 12.3 Å². The summed E-state index contributed by atoms with van der Waals surface area (Å²) < 4.78 is 18.3. The van der Waals surface area contributed by atoms with Crippen molar-refractivity contribution in [3.63, 3.8) is 0 Å². The number of nitrogens with two attached hydrogens (primary N) is 1. The van der Waals surface area contributed by atoms with Crippen molar-refractivity contribution in [2.75, 3.05) is 32.5 Å². The van der Waals surface area contributed by atoms with Crippen molar-refractivity contribution >= 4 is 11.6 Å². The minimum atomic E-state index is -0.575. The summed E-state index contributed by atoms with van der Waals surface area (Å²) in [5.41, 5.74) is 5.67. The molecule has 94 valence electrons. The third-order valence-corrected chi connectivity index (χ3v) is 2.37. The Morgan fingerprint density at radius 3 is 2.82 bits per heavy atom. The van der Waals surface area contributed by atoms with Gasteiger partial charge in [0.15, 0.2) is 0 Å². The van der Waals surface area contributed by atoms with Crippen LogP contribution in [0.25, 0.3) is 0 Å². The molecule has 0 saturated heterocycles. The number of nitrogen functional groups attached to an aromatic ring is 1. The fourth-order valence-corrected chi connectivity index (χ4v) is 1.33. The first-order chi connectivity index (χ1) is 8.06. The molecule has 0 radical (unpaired) electrons. The lowest BCUT2D eigenvalue weighted by Crippen LogP contribution is -2.30. The molecule has 0 heterocycles. The van der Waals surface area contributed by atoms with Crippen LogP contribution in [-0.2, 0) is 4.74 Å². The summed E-state index contributed by atoms with van der Waals surface area (Å²) in [6, 6.07) is 4.05. The number of carbonyl (C=O) groups excluding carboxylic acids is 1. The van der Waals surface area contributed by atoms with Crippen LogP contribution in [-0.4, -0.2) is 37.6 Å². The highest BCUT2D eigenvalue weighted by atomic mass is 19.1. The Morgan fingerprint density at radius 2 is 2.24 bits per heavy atom. The Morgan fingerprint density at radius 1 is 1.53 bits per heavy atom. The van der Waals surface area contributed by atoms with Crippen molar-refractivity contribution in [3.8, 4) is 0 Å². The van der Waals surface area contributed by atoms with Crippen molar-refractivity contribution in [1.29, 1.82) is 0 Å². The van der Waals surface area contributed by atoms with E-state index in [0.717, 1.165) is 6.07 Å². The van der Waals surface area contributed by atoms with Gasteiger partial charge in [-0.3, -0.25) is 4.79 Å². The van der Waals surface area contributed by atoms with Gasteiger partial charge in [-0.05, 0) is 25.1 Å². The van der Waals surface area contributed by atoms with Gasteiger partial charge in [0.25, 0.3) is 5.91 Å². The van der Waals surface area contributed by atoms with E-state index in [2.05, 4.69) is 0 Å². The number of amides is 1. The molecule has 0 atom stereocenters. The van der Waals surface area contributed by atoms with E-state index in [0.29, 0.717) is 19.8 Å². The Labute approximate surface area is 100 Å². The van der Waals surface area contributed by atoms with Crippen LogP contribution in [0.3, 0.4) is 0 Å². The summed E-state index contributed by atoms with van der Waals surface area (Å²) in [6.45, 7) is 3.44. The average molecular weight is 240 g/mol. The van der Waals surface area contributed by atoms with Crippen LogP contribution < -0.4 is 5.73 Å². The smallest absolute Gasteiger partial charge is 0.253 e. The van der Waals surface area contributed by atoms with E-state index >= 15 is 0 Å². The molecule has 0 unspecified atom stereocenters. The first kappa shape index (κ1) is 13.4. The number of rotatable bonds is 5. The standard InChI is InChI=1S/C12H17FN2O2/c1-3-17-7-6-15(2)12(16)9-4-5-11(14)10(13)8-9/h4-5,8H,3,6-7,14H2,1-2H3. The highest BCUT2D eigenvalue weighted by molar-refractivity contribution is 5.94. The van der Waals surface area contributed by atoms with E-state index in [9.17, 15) is 9.18 Å². The highest BCUT2D eigenvalue weighted by Crippen LogP contribution is 2.13. The zero-order valence-corrected chi connectivity index (χ0v) is 10.1. The number of carbonyl (C=O) groups is 1. The number of hydrogen-bond acceptors (Lipinski definition) is 3. The molecule has 0 aliphatic carbocycles. The van der Waals surface area contributed by atoms with E-state index < -0.39 is 5.82 Å². The lowest BCUT2D eigenvalue weighted by atomic mass is 10.2. The van der Waals surface area contributed by atoms with E-state index in [4.69, 9.17) is 10.5 Å². The summed E-state index contributed by atoms with van der Waals surface area (Å²) >= 11 is 0. The molecule has 1 amide bonds. The van der Waals surface area contributed by atoms with E-state index in [1.54, 1.807) is 7.05 Å². The van der Waals surface area contributed by atoms with E-state index in [1.807, 2.05) is 6.92 Å². The van der Waals surface area contributed by atoms with Gasteiger partial charge < -0.3 is 15.4 Å². The molecule has 0 bridgehead atoms. The Hall–Kier alpha value is -1.62. The second-order valence-corrected chi connectivity index (χ2v) is 3.66. The molecule has 1 rings (SSSR count). The van der Waals surface area contributed by atoms with Crippen LogP contribution in [0.1, 0.15) is 17.3 Å². The first-order valence-corrected chi connectivity index (χ1v) is 5.44. The van der Waals surface area contributed by atoms with E-state index in [-0.39, 0.29) is 17.2 Å². The van der Waals surface area contributed by atoms with Crippen molar-refractivity contribution < 1.29 is 13.9 Å². The monoisotopic (exact) mass is 240 g/mol. The molecule has 17 heavy (non-hydrogen) atoms. The van der Waals surface area contributed by atoms with Gasteiger partial charge in [0.2, 0.25) is 0 Å². The number of hydrogen-bond donors (Lipinski definition) is 1. The van der Waals surface area contributed by atoms with Crippen LogP contribution in [0.2, 0.25) is 0 Å². The summed E-state index contributed by atoms with van der Waals surface area (Å²) in [5.74, 6) is -0.822. The second-order valence-electron chi connectivity index (χ2n) is 3.66. The minimum absolute atomic E-state index is 0.0403. The number of nitrogens with zero attached hydrogens (tertiary/aromatic N) is 1. The SMILES string of the molecule is CCOCCN(C)C(=O)c1ccc(N)c(F)c1. The highest BCUT2D eigenvalue weighted by Gasteiger charge is 2.12. The van der Waals surface area contributed by atoms with Crippen LogP contribution in [0.4, 0.5) is 10.1 Å². The predicted octanol–water partition coefficient (Wildman–Crippen LogP) is 1.52. The maximum absolute atomic E-state index is 13.2.